The summed E-state index contributed by atoms with van der Waals surface area (Å²) in [7, 11) is 0. The van der Waals surface area contributed by atoms with Crippen LogP contribution in [-0.2, 0) is 29.2 Å². The van der Waals surface area contributed by atoms with Gasteiger partial charge in [0.15, 0.2) is 0 Å². The molecule has 0 aliphatic heterocycles. The van der Waals surface area contributed by atoms with Gasteiger partial charge < -0.3 is 19.8 Å². The predicted molar refractivity (Wildman–Crippen MR) is 105 cm³/mol. The summed E-state index contributed by atoms with van der Waals surface area (Å²) < 4.78 is 10.8. The second-order valence-electron chi connectivity index (χ2n) is 6.14. The summed E-state index contributed by atoms with van der Waals surface area (Å²) in [6.07, 6.45) is 1.66. The first-order chi connectivity index (χ1) is 13.6. The molecule has 0 saturated heterocycles. The number of carbonyl (C=O) groups excluding carboxylic acids is 2. The number of hydrogen-bond donors (Lipinski definition) is 2. The Hall–Kier alpha value is -3.13. The van der Waals surface area contributed by atoms with E-state index in [1.165, 1.54) is 23.2 Å². The highest BCUT2D eigenvalue weighted by Gasteiger charge is 2.10. The van der Waals surface area contributed by atoms with E-state index in [9.17, 15) is 9.59 Å². The first-order valence-corrected chi connectivity index (χ1v) is 9.65. The predicted octanol–water partition coefficient (Wildman–Crippen LogP) is 2.60. The number of benzene rings is 1. The van der Waals surface area contributed by atoms with E-state index >= 15 is 0 Å². The molecule has 0 fully saturated rings. The van der Waals surface area contributed by atoms with E-state index in [1.807, 2.05) is 36.6 Å². The van der Waals surface area contributed by atoms with Crippen molar-refractivity contribution in [2.45, 2.75) is 26.5 Å². The van der Waals surface area contributed by atoms with Crippen molar-refractivity contribution in [3.63, 3.8) is 0 Å². The van der Waals surface area contributed by atoms with Gasteiger partial charge in [-0.05, 0) is 31.2 Å². The summed E-state index contributed by atoms with van der Waals surface area (Å²) in [4.78, 5) is 28.1. The van der Waals surface area contributed by atoms with Gasteiger partial charge in [-0.2, -0.15) is 0 Å². The van der Waals surface area contributed by atoms with Gasteiger partial charge in [0.2, 0.25) is 11.8 Å². The van der Waals surface area contributed by atoms with Crippen LogP contribution in [0.3, 0.4) is 0 Å². The van der Waals surface area contributed by atoms with Crippen LogP contribution < -0.4 is 15.4 Å². The fourth-order valence-corrected chi connectivity index (χ4v) is 3.05. The largest absolute Gasteiger partial charge is 0.486 e. The van der Waals surface area contributed by atoms with Gasteiger partial charge in [-0.1, -0.05) is 17.7 Å². The number of furan rings is 1. The molecule has 2 amide bonds. The molecule has 146 valence electrons. The van der Waals surface area contributed by atoms with E-state index in [2.05, 4.69) is 15.6 Å². The van der Waals surface area contributed by atoms with Gasteiger partial charge in [-0.3, -0.25) is 9.59 Å². The monoisotopic (exact) mass is 399 g/mol. The van der Waals surface area contributed by atoms with Gasteiger partial charge in [0, 0.05) is 5.38 Å². The third kappa shape index (κ3) is 6.24. The van der Waals surface area contributed by atoms with Crippen molar-refractivity contribution in [1.29, 1.82) is 0 Å². The Morgan fingerprint density at radius 2 is 1.96 bits per heavy atom. The average molecular weight is 399 g/mol. The van der Waals surface area contributed by atoms with E-state index < -0.39 is 0 Å². The van der Waals surface area contributed by atoms with Gasteiger partial charge in [0.25, 0.3) is 0 Å². The van der Waals surface area contributed by atoms with Crippen molar-refractivity contribution in [1.82, 2.24) is 15.6 Å². The molecule has 0 radical (unpaired) electrons. The average Bonchev–Trinajstić information content (AvgIpc) is 3.36. The Kier molecular flexibility index (Phi) is 6.80. The van der Waals surface area contributed by atoms with Gasteiger partial charge in [-0.25, -0.2) is 4.98 Å². The summed E-state index contributed by atoms with van der Waals surface area (Å²) in [5.41, 5.74) is 1.82. The van der Waals surface area contributed by atoms with E-state index in [0.717, 1.165) is 10.8 Å². The number of nitrogens with one attached hydrogen (secondary N) is 2. The Labute approximate surface area is 166 Å². The summed E-state index contributed by atoms with van der Waals surface area (Å²) in [6.45, 7) is 2.57. The van der Waals surface area contributed by atoms with Crippen molar-refractivity contribution in [2.75, 3.05) is 6.54 Å². The summed E-state index contributed by atoms with van der Waals surface area (Å²) >= 11 is 1.44. The molecule has 8 heteroatoms. The topological polar surface area (TPSA) is 93.5 Å². The lowest BCUT2D eigenvalue weighted by Crippen LogP contribution is -2.37. The molecule has 2 aromatic heterocycles. The third-order valence-electron chi connectivity index (χ3n) is 3.81. The first kappa shape index (κ1) is 19.6. The molecular formula is C20H21N3O4S. The van der Waals surface area contributed by atoms with Crippen molar-refractivity contribution in [3.05, 3.63) is 70.1 Å². The number of carbonyl (C=O) groups is 2. The lowest BCUT2D eigenvalue weighted by atomic mass is 10.2. The molecule has 3 aromatic rings. The van der Waals surface area contributed by atoms with Crippen LogP contribution in [0.2, 0.25) is 0 Å². The first-order valence-electron chi connectivity index (χ1n) is 8.77. The minimum atomic E-state index is -0.282. The molecule has 7 nitrogen and oxygen atoms in total. The number of hydrogen-bond acceptors (Lipinski definition) is 6. The number of rotatable bonds is 9. The fourth-order valence-electron chi connectivity index (χ4n) is 2.34. The molecule has 3 rings (SSSR count). The molecule has 0 spiro atoms. The lowest BCUT2D eigenvalue weighted by Gasteiger charge is -2.05. The summed E-state index contributed by atoms with van der Waals surface area (Å²) in [6, 6.07) is 11.3. The van der Waals surface area contributed by atoms with Gasteiger partial charge >= 0.3 is 0 Å². The molecule has 0 atom stereocenters. The number of aromatic nitrogens is 1. The highest BCUT2D eigenvalue weighted by molar-refractivity contribution is 7.09. The zero-order valence-electron chi connectivity index (χ0n) is 15.4. The maximum absolute atomic E-state index is 12.0. The van der Waals surface area contributed by atoms with Crippen LogP contribution in [0, 0.1) is 6.92 Å². The Bertz CT molecular complexity index is 904. The number of nitrogens with zero attached hydrogens (tertiary/aromatic N) is 1. The molecular weight excluding hydrogens is 378 g/mol. The Balaban J connectivity index is 1.37. The Morgan fingerprint density at radius 1 is 1.14 bits per heavy atom. The molecule has 2 heterocycles. The zero-order valence-corrected chi connectivity index (χ0v) is 16.3. The SMILES string of the molecule is Cc1ccc(OCc2nc(CC(=O)NCC(=O)NCc3ccco3)cs2)cc1. The summed E-state index contributed by atoms with van der Waals surface area (Å²) in [5, 5.41) is 7.87. The minimum Gasteiger partial charge on any atom is -0.486 e. The fraction of sp³-hybridized carbons (Fsp3) is 0.250. The van der Waals surface area contributed by atoms with Crippen molar-refractivity contribution in [2.24, 2.45) is 0 Å². The van der Waals surface area contributed by atoms with E-state index in [4.69, 9.17) is 9.15 Å². The van der Waals surface area contributed by atoms with E-state index in [0.29, 0.717) is 18.1 Å². The number of amides is 2. The van der Waals surface area contributed by atoms with Gasteiger partial charge in [0.05, 0.1) is 31.5 Å². The smallest absolute Gasteiger partial charge is 0.239 e. The highest BCUT2D eigenvalue weighted by Crippen LogP contribution is 2.16. The number of thiazole rings is 1. The van der Waals surface area contributed by atoms with Crippen molar-refractivity contribution in [3.8, 4) is 5.75 Å². The van der Waals surface area contributed by atoms with Crippen molar-refractivity contribution < 1.29 is 18.7 Å². The molecule has 0 unspecified atom stereocenters. The van der Waals surface area contributed by atoms with Crippen LogP contribution in [0.1, 0.15) is 22.0 Å². The summed E-state index contributed by atoms with van der Waals surface area (Å²) in [5.74, 6) is 0.892. The third-order valence-corrected chi connectivity index (χ3v) is 4.68. The molecule has 0 aliphatic carbocycles. The highest BCUT2D eigenvalue weighted by atomic mass is 32.1. The molecule has 2 N–H and O–H groups in total. The molecule has 0 aliphatic rings. The molecule has 1 aromatic carbocycles. The van der Waals surface area contributed by atoms with Gasteiger partial charge in [-0.15, -0.1) is 11.3 Å². The maximum Gasteiger partial charge on any atom is 0.239 e. The second kappa shape index (κ2) is 9.70. The molecule has 0 saturated carbocycles. The standard InChI is InChI=1S/C20H21N3O4S/c1-14-4-6-16(7-5-14)27-12-20-23-15(13-28-20)9-18(24)22-11-19(25)21-10-17-3-2-8-26-17/h2-8,13H,9-12H2,1H3,(H,21,25)(H,22,24). The number of aryl methyl sites for hydroxylation is 1. The van der Waals surface area contributed by atoms with Crippen LogP contribution in [0.5, 0.6) is 5.75 Å². The lowest BCUT2D eigenvalue weighted by molar-refractivity contribution is -0.125. The van der Waals surface area contributed by atoms with Crippen LogP contribution >= 0.6 is 11.3 Å². The van der Waals surface area contributed by atoms with E-state index in [1.54, 1.807) is 12.1 Å². The van der Waals surface area contributed by atoms with E-state index in [-0.39, 0.29) is 31.3 Å². The van der Waals surface area contributed by atoms with Crippen molar-refractivity contribution >= 4 is 23.2 Å². The van der Waals surface area contributed by atoms with Crippen LogP contribution in [0.25, 0.3) is 0 Å². The van der Waals surface area contributed by atoms with Crippen LogP contribution in [-0.4, -0.2) is 23.3 Å². The quantitative estimate of drug-likeness (QED) is 0.577. The maximum atomic E-state index is 12.0. The Morgan fingerprint density at radius 3 is 2.71 bits per heavy atom. The minimum absolute atomic E-state index is 0.0902. The van der Waals surface area contributed by atoms with Crippen LogP contribution in [0.15, 0.2) is 52.5 Å². The molecule has 28 heavy (non-hydrogen) atoms. The van der Waals surface area contributed by atoms with Crippen LogP contribution in [0.4, 0.5) is 0 Å². The van der Waals surface area contributed by atoms with Gasteiger partial charge in [0.1, 0.15) is 23.1 Å². The normalized spacial score (nSPS) is 10.5. The second-order valence-corrected chi connectivity index (χ2v) is 7.09. The number of ether oxygens (including phenoxy) is 1. The molecule has 0 bridgehead atoms. The zero-order chi connectivity index (χ0) is 19.8.